The smallest absolute Gasteiger partial charge is 0.148 e. The summed E-state index contributed by atoms with van der Waals surface area (Å²) >= 11 is 0. The molecule has 0 saturated heterocycles. The van der Waals surface area contributed by atoms with Crippen LogP contribution in [0, 0.1) is 5.82 Å². The van der Waals surface area contributed by atoms with E-state index in [1.165, 1.54) is 6.07 Å². The Morgan fingerprint density at radius 2 is 2.00 bits per heavy atom. The highest BCUT2D eigenvalue weighted by Crippen LogP contribution is 2.19. The molecule has 0 spiro atoms. The van der Waals surface area contributed by atoms with Crippen LogP contribution in [0.25, 0.3) is 0 Å². The van der Waals surface area contributed by atoms with Crippen LogP contribution in [-0.4, -0.2) is 13.7 Å². The van der Waals surface area contributed by atoms with Gasteiger partial charge in [-0.1, -0.05) is 18.2 Å². The standard InChI is InChI=1S/C15H17FN2O/c1-19-15-5-3-2-4-11(15)8-9-18-14-7-6-12(17)10-13(14)16/h2-7,10,18H,8-9,17H2,1H3. The number of nitrogen functional groups attached to an aromatic ring is 1. The topological polar surface area (TPSA) is 47.3 Å². The Morgan fingerprint density at radius 3 is 2.74 bits per heavy atom. The predicted molar refractivity (Wildman–Crippen MR) is 76.0 cm³/mol. The second-order valence-corrected chi connectivity index (χ2v) is 4.23. The van der Waals surface area contributed by atoms with Crippen molar-refractivity contribution in [3.63, 3.8) is 0 Å². The van der Waals surface area contributed by atoms with E-state index in [9.17, 15) is 4.39 Å². The van der Waals surface area contributed by atoms with Gasteiger partial charge in [0, 0.05) is 12.2 Å². The molecule has 0 amide bonds. The van der Waals surface area contributed by atoms with E-state index in [1.54, 1.807) is 19.2 Å². The number of para-hydroxylation sites is 1. The Kier molecular flexibility index (Phi) is 4.23. The number of hydrogen-bond donors (Lipinski definition) is 2. The SMILES string of the molecule is COc1ccccc1CCNc1ccc(N)cc1F. The third-order valence-corrected chi connectivity index (χ3v) is 2.90. The first-order valence-electron chi connectivity index (χ1n) is 6.11. The van der Waals surface area contributed by atoms with Crippen molar-refractivity contribution in [2.24, 2.45) is 0 Å². The summed E-state index contributed by atoms with van der Waals surface area (Å²) in [7, 11) is 1.64. The van der Waals surface area contributed by atoms with Crippen molar-refractivity contribution >= 4 is 11.4 Å². The molecule has 4 heteroatoms. The highest BCUT2D eigenvalue weighted by Gasteiger charge is 2.04. The van der Waals surface area contributed by atoms with E-state index < -0.39 is 0 Å². The molecule has 0 unspecified atom stereocenters. The number of rotatable bonds is 5. The Hall–Kier alpha value is -2.23. The molecule has 2 aromatic rings. The van der Waals surface area contributed by atoms with Crippen molar-refractivity contribution in [3.8, 4) is 5.75 Å². The second-order valence-electron chi connectivity index (χ2n) is 4.23. The molecular weight excluding hydrogens is 243 g/mol. The van der Waals surface area contributed by atoms with Gasteiger partial charge in [0.1, 0.15) is 11.6 Å². The van der Waals surface area contributed by atoms with Crippen LogP contribution in [0.5, 0.6) is 5.75 Å². The summed E-state index contributed by atoms with van der Waals surface area (Å²) in [4.78, 5) is 0. The number of nitrogens with two attached hydrogens (primary N) is 1. The molecule has 0 aliphatic carbocycles. The number of halogens is 1. The van der Waals surface area contributed by atoms with Crippen LogP contribution < -0.4 is 15.8 Å². The van der Waals surface area contributed by atoms with Crippen molar-refractivity contribution in [2.75, 3.05) is 24.7 Å². The highest BCUT2D eigenvalue weighted by molar-refractivity contribution is 5.52. The van der Waals surface area contributed by atoms with E-state index >= 15 is 0 Å². The number of methoxy groups -OCH3 is 1. The third kappa shape index (κ3) is 3.37. The highest BCUT2D eigenvalue weighted by atomic mass is 19.1. The van der Waals surface area contributed by atoms with Crippen LogP contribution in [0.1, 0.15) is 5.56 Å². The van der Waals surface area contributed by atoms with E-state index in [1.807, 2.05) is 24.3 Å². The van der Waals surface area contributed by atoms with Crippen molar-refractivity contribution in [3.05, 3.63) is 53.8 Å². The molecule has 0 radical (unpaired) electrons. The summed E-state index contributed by atoms with van der Waals surface area (Å²) in [6.45, 7) is 0.626. The molecule has 3 nitrogen and oxygen atoms in total. The van der Waals surface area contributed by atoms with Crippen LogP contribution >= 0.6 is 0 Å². The number of benzene rings is 2. The predicted octanol–water partition coefficient (Wildman–Crippen LogP) is 3.07. The molecule has 0 bridgehead atoms. The molecule has 0 aliphatic heterocycles. The van der Waals surface area contributed by atoms with Gasteiger partial charge in [-0.2, -0.15) is 0 Å². The summed E-state index contributed by atoms with van der Waals surface area (Å²) in [5, 5.41) is 3.05. The fourth-order valence-corrected chi connectivity index (χ4v) is 1.92. The largest absolute Gasteiger partial charge is 0.496 e. The lowest BCUT2D eigenvalue weighted by Crippen LogP contribution is -2.07. The quantitative estimate of drug-likeness (QED) is 0.812. The van der Waals surface area contributed by atoms with Gasteiger partial charge in [-0.25, -0.2) is 4.39 Å². The van der Waals surface area contributed by atoms with Gasteiger partial charge in [0.05, 0.1) is 12.8 Å². The lowest BCUT2D eigenvalue weighted by Gasteiger charge is -2.10. The van der Waals surface area contributed by atoms with Gasteiger partial charge in [0.2, 0.25) is 0 Å². The molecule has 0 heterocycles. The van der Waals surface area contributed by atoms with Gasteiger partial charge >= 0.3 is 0 Å². The van der Waals surface area contributed by atoms with Crippen molar-refractivity contribution in [1.29, 1.82) is 0 Å². The van der Waals surface area contributed by atoms with E-state index in [2.05, 4.69) is 5.32 Å². The maximum atomic E-state index is 13.6. The Bertz CT molecular complexity index is 558. The molecule has 2 aromatic carbocycles. The zero-order valence-electron chi connectivity index (χ0n) is 10.8. The first-order valence-corrected chi connectivity index (χ1v) is 6.11. The number of nitrogens with one attached hydrogen (secondary N) is 1. The molecule has 0 saturated carbocycles. The van der Waals surface area contributed by atoms with Crippen LogP contribution in [0.3, 0.4) is 0 Å². The second kappa shape index (κ2) is 6.09. The minimum Gasteiger partial charge on any atom is -0.496 e. The molecule has 0 atom stereocenters. The van der Waals surface area contributed by atoms with Gasteiger partial charge < -0.3 is 15.8 Å². The average molecular weight is 260 g/mol. The van der Waals surface area contributed by atoms with Gasteiger partial charge in [-0.05, 0) is 36.2 Å². The van der Waals surface area contributed by atoms with Gasteiger partial charge in [-0.3, -0.25) is 0 Å². The lowest BCUT2D eigenvalue weighted by atomic mass is 10.1. The van der Waals surface area contributed by atoms with Crippen molar-refractivity contribution in [1.82, 2.24) is 0 Å². The summed E-state index contributed by atoms with van der Waals surface area (Å²) in [5.41, 5.74) is 7.48. The molecule has 0 aromatic heterocycles. The molecular formula is C15H17FN2O. The molecule has 100 valence electrons. The average Bonchev–Trinajstić information content (AvgIpc) is 2.42. The molecule has 0 fully saturated rings. The molecule has 3 N–H and O–H groups in total. The fraction of sp³-hybridized carbons (Fsp3) is 0.200. The number of hydrogen-bond acceptors (Lipinski definition) is 3. The Balaban J connectivity index is 1.96. The maximum absolute atomic E-state index is 13.6. The number of anilines is 2. The van der Waals surface area contributed by atoms with E-state index in [0.717, 1.165) is 17.7 Å². The van der Waals surface area contributed by atoms with Crippen molar-refractivity contribution < 1.29 is 9.13 Å². The van der Waals surface area contributed by atoms with E-state index in [4.69, 9.17) is 10.5 Å². The van der Waals surface area contributed by atoms with Gasteiger partial charge in [0.15, 0.2) is 0 Å². The van der Waals surface area contributed by atoms with E-state index in [-0.39, 0.29) is 5.82 Å². The summed E-state index contributed by atoms with van der Waals surface area (Å²) in [5.74, 6) is 0.516. The minimum atomic E-state index is -0.333. The first kappa shape index (κ1) is 13.2. The van der Waals surface area contributed by atoms with Crippen molar-refractivity contribution in [2.45, 2.75) is 6.42 Å². The lowest BCUT2D eigenvalue weighted by molar-refractivity contribution is 0.410. The Labute approximate surface area is 112 Å². The van der Waals surface area contributed by atoms with Crippen LogP contribution in [0.4, 0.5) is 15.8 Å². The van der Waals surface area contributed by atoms with Crippen LogP contribution in [0.15, 0.2) is 42.5 Å². The van der Waals surface area contributed by atoms with Crippen LogP contribution in [-0.2, 0) is 6.42 Å². The summed E-state index contributed by atoms with van der Waals surface area (Å²) in [6, 6.07) is 12.4. The molecule has 2 rings (SSSR count). The number of ether oxygens (including phenoxy) is 1. The normalized spacial score (nSPS) is 10.2. The monoisotopic (exact) mass is 260 g/mol. The zero-order chi connectivity index (χ0) is 13.7. The molecule has 0 aliphatic rings. The maximum Gasteiger partial charge on any atom is 0.148 e. The summed E-state index contributed by atoms with van der Waals surface area (Å²) < 4.78 is 18.8. The third-order valence-electron chi connectivity index (χ3n) is 2.90. The first-order chi connectivity index (χ1) is 9.20. The molecule has 19 heavy (non-hydrogen) atoms. The van der Waals surface area contributed by atoms with Gasteiger partial charge in [-0.15, -0.1) is 0 Å². The van der Waals surface area contributed by atoms with Gasteiger partial charge in [0.25, 0.3) is 0 Å². The van der Waals surface area contributed by atoms with Crippen LogP contribution in [0.2, 0.25) is 0 Å². The summed E-state index contributed by atoms with van der Waals surface area (Å²) in [6.07, 6.45) is 0.758. The fourth-order valence-electron chi connectivity index (χ4n) is 1.92. The zero-order valence-corrected chi connectivity index (χ0v) is 10.8. The Morgan fingerprint density at radius 1 is 1.21 bits per heavy atom. The van der Waals surface area contributed by atoms with E-state index in [0.29, 0.717) is 17.9 Å². The minimum absolute atomic E-state index is 0.333.